The molecule has 7 heteroatoms. The lowest BCUT2D eigenvalue weighted by atomic mass is 9.97. The number of likely N-dealkylation sites (tertiary alicyclic amines) is 1. The highest BCUT2D eigenvalue weighted by Gasteiger charge is 2.27. The molecular weight excluding hydrogens is 304 g/mol. The number of amides is 1. The fourth-order valence-corrected chi connectivity index (χ4v) is 2.63. The van der Waals surface area contributed by atoms with Crippen molar-refractivity contribution in [3.63, 3.8) is 0 Å². The van der Waals surface area contributed by atoms with Crippen LogP contribution in [0.3, 0.4) is 0 Å². The summed E-state index contributed by atoms with van der Waals surface area (Å²) in [5.41, 5.74) is 7.89. The third kappa shape index (κ3) is 4.10. The number of carbonyl (C=O) groups excluding carboxylic acids is 1. The quantitative estimate of drug-likeness (QED) is 0.389. The van der Waals surface area contributed by atoms with Crippen molar-refractivity contribution < 1.29 is 9.63 Å². The lowest BCUT2D eigenvalue weighted by Crippen LogP contribution is -2.44. The number of aryl methyl sites for hydroxylation is 1. The fraction of sp³-hybridized carbons (Fsp3) is 0.533. The number of piperidine rings is 1. The Kier molecular flexibility index (Phi) is 5.60. The maximum absolute atomic E-state index is 11.7. The van der Waals surface area contributed by atoms with Crippen molar-refractivity contribution in [2.45, 2.75) is 33.3 Å². The van der Waals surface area contributed by atoms with Gasteiger partial charge in [0.15, 0.2) is 0 Å². The molecule has 1 aromatic heterocycles. The highest BCUT2D eigenvalue weighted by atomic mass is 35.5. The number of carbonyl (C=O) groups is 1. The Morgan fingerprint density at radius 3 is 3.09 bits per heavy atom. The van der Waals surface area contributed by atoms with E-state index >= 15 is 0 Å². The second-order valence-electron chi connectivity index (χ2n) is 5.39. The zero-order valence-corrected chi connectivity index (χ0v) is 13.6. The van der Waals surface area contributed by atoms with Crippen molar-refractivity contribution in [3.05, 3.63) is 28.5 Å². The molecule has 120 valence electrons. The maximum atomic E-state index is 11.7. The van der Waals surface area contributed by atoms with Crippen LogP contribution in [0.4, 0.5) is 0 Å². The van der Waals surface area contributed by atoms with Crippen LogP contribution in [0.15, 0.2) is 17.4 Å². The van der Waals surface area contributed by atoms with Gasteiger partial charge >= 0.3 is 0 Å². The van der Waals surface area contributed by atoms with Gasteiger partial charge in [-0.25, -0.2) is 4.98 Å². The molecule has 6 nitrogen and oxygen atoms in total. The van der Waals surface area contributed by atoms with Crippen LogP contribution in [-0.2, 0) is 16.2 Å². The van der Waals surface area contributed by atoms with Gasteiger partial charge in [0.25, 0.3) is 0 Å². The van der Waals surface area contributed by atoms with Crippen LogP contribution < -0.4 is 5.73 Å². The van der Waals surface area contributed by atoms with Gasteiger partial charge in [-0.05, 0) is 31.9 Å². The Hall–Kier alpha value is -1.82. The van der Waals surface area contributed by atoms with E-state index < -0.39 is 0 Å². The number of hydrogen-bond donors (Lipinski definition) is 1. The highest BCUT2D eigenvalue weighted by Crippen LogP contribution is 2.18. The molecule has 0 aromatic carbocycles. The van der Waals surface area contributed by atoms with Gasteiger partial charge in [-0.3, -0.25) is 4.79 Å². The smallest absolute Gasteiger partial charge is 0.222 e. The molecule has 0 saturated carbocycles. The van der Waals surface area contributed by atoms with Crippen LogP contribution in [0.25, 0.3) is 0 Å². The van der Waals surface area contributed by atoms with E-state index in [1.165, 1.54) is 0 Å². The summed E-state index contributed by atoms with van der Waals surface area (Å²) in [6.45, 7) is 5.49. The molecule has 2 heterocycles. The van der Waals surface area contributed by atoms with Crippen molar-refractivity contribution in [2.75, 3.05) is 13.1 Å². The number of rotatable bonds is 5. The summed E-state index contributed by atoms with van der Waals surface area (Å²) in [5.74, 6) is 0.669. The Balaban J connectivity index is 1.91. The first-order valence-corrected chi connectivity index (χ1v) is 7.73. The average molecular weight is 325 g/mol. The average Bonchev–Trinajstić information content (AvgIpc) is 2.49. The summed E-state index contributed by atoms with van der Waals surface area (Å²) in [6, 6.07) is 1.78. The minimum atomic E-state index is 0.0575. The van der Waals surface area contributed by atoms with E-state index in [-0.39, 0.29) is 11.8 Å². The van der Waals surface area contributed by atoms with Gasteiger partial charge in [-0.1, -0.05) is 16.8 Å². The van der Waals surface area contributed by atoms with E-state index in [0.717, 1.165) is 17.5 Å². The molecule has 1 fully saturated rings. The molecule has 1 amide bonds. The summed E-state index contributed by atoms with van der Waals surface area (Å²) in [7, 11) is 0. The largest absolute Gasteiger partial charge is 0.389 e. The van der Waals surface area contributed by atoms with Crippen LogP contribution in [0.1, 0.15) is 30.9 Å². The molecule has 0 spiro atoms. The molecule has 2 N–H and O–H groups in total. The molecule has 1 aromatic rings. The number of pyridine rings is 1. The third-order valence-corrected chi connectivity index (χ3v) is 4.08. The first kappa shape index (κ1) is 16.5. The van der Waals surface area contributed by atoms with Crippen molar-refractivity contribution in [3.8, 4) is 0 Å². The normalized spacial score (nSPS) is 19.4. The monoisotopic (exact) mass is 324 g/mol. The predicted octanol–water partition coefficient (Wildman–Crippen LogP) is 2.09. The zero-order valence-electron chi connectivity index (χ0n) is 12.9. The fourth-order valence-electron chi connectivity index (χ4n) is 2.41. The van der Waals surface area contributed by atoms with Crippen molar-refractivity contribution in [1.29, 1.82) is 0 Å². The van der Waals surface area contributed by atoms with Crippen molar-refractivity contribution in [1.82, 2.24) is 9.88 Å². The number of oxime groups is 1. The molecule has 1 unspecified atom stereocenters. The van der Waals surface area contributed by atoms with E-state index in [1.807, 2.05) is 13.8 Å². The highest BCUT2D eigenvalue weighted by molar-refractivity contribution is 6.29. The van der Waals surface area contributed by atoms with Crippen LogP contribution in [-0.4, -0.2) is 34.7 Å². The third-order valence-electron chi connectivity index (χ3n) is 3.88. The van der Waals surface area contributed by atoms with Gasteiger partial charge in [-0.15, -0.1) is 0 Å². The Morgan fingerprint density at radius 1 is 1.64 bits per heavy atom. The predicted molar refractivity (Wildman–Crippen MR) is 85.4 cm³/mol. The van der Waals surface area contributed by atoms with E-state index in [0.29, 0.717) is 37.1 Å². The zero-order chi connectivity index (χ0) is 16.1. The maximum Gasteiger partial charge on any atom is 0.222 e. The molecule has 22 heavy (non-hydrogen) atoms. The number of amidine groups is 1. The van der Waals surface area contributed by atoms with Gasteiger partial charge in [0, 0.05) is 37.2 Å². The van der Waals surface area contributed by atoms with Crippen molar-refractivity contribution >= 4 is 23.3 Å². The van der Waals surface area contributed by atoms with Crippen molar-refractivity contribution in [2.24, 2.45) is 16.8 Å². The lowest BCUT2D eigenvalue weighted by Gasteiger charge is -2.31. The van der Waals surface area contributed by atoms with Gasteiger partial charge in [0.2, 0.25) is 5.91 Å². The molecule has 2 rings (SSSR count). The molecule has 1 saturated heterocycles. The minimum Gasteiger partial charge on any atom is -0.389 e. The Labute approximate surface area is 135 Å². The second kappa shape index (κ2) is 7.45. The van der Waals surface area contributed by atoms with Crippen LogP contribution in [0.2, 0.25) is 5.15 Å². The van der Waals surface area contributed by atoms with E-state index in [2.05, 4.69) is 10.1 Å². The molecule has 1 atom stereocenters. The van der Waals surface area contributed by atoms with E-state index in [1.54, 1.807) is 17.2 Å². The summed E-state index contributed by atoms with van der Waals surface area (Å²) >= 11 is 5.81. The van der Waals surface area contributed by atoms with Gasteiger partial charge < -0.3 is 15.5 Å². The second-order valence-corrected chi connectivity index (χ2v) is 5.78. The summed E-state index contributed by atoms with van der Waals surface area (Å²) in [4.78, 5) is 22.8. The summed E-state index contributed by atoms with van der Waals surface area (Å²) in [6.07, 6.45) is 2.89. The Bertz CT molecular complexity index is 577. The standard InChI is InChI=1S/C15H21ClN4O2/c1-3-20-8-11(4-5-14(20)21)15(17)19-22-9-12-7-18-13(16)6-10(12)2/h6-7,11H,3-5,8-9H2,1-2H3,(H2,17,19). The van der Waals surface area contributed by atoms with Gasteiger partial charge in [0.05, 0.1) is 0 Å². The lowest BCUT2D eigenvalue weighted by molar-refractivity contribution is -0.133. The van der Waals surface area contributed by atoms with E-state index in [9.17, 15) is 4.79 Å². The number of aromatic nitrogens is 1. The topological polar surface area (TPSA) is 80.8 Å². The summed E-state index contributed by atoms with van der Waals surface area (Å²) < 4.78 is 0. The number of hydrogen-bond acceptors (Lipinski definition) is 4. The first-order chi connectivity index (χ1) is 10.5. The SMILES string of the molecule is CCN1CC(/C(N)=N/OCc2cnc(Cl)cc2C)CCC1=O. The number of halogens is 1. The number of nitrogens with zero attached hydrogens (tertiary/aromatic N) is 3. The van der Waals surface area contributed by atoms with Crippen LogP contribution in [0.5, 0.6) is 0 Å². The first-order valence-electron chi connectivity index (χ1n) is 7.35. The molecule has 1 aliphatic heterocycles. The van der Waals surface area contributed by atoms with E-state index in [4.69, 9.17) is 22.2 Å². The molecule has 0 bridgehead atoms. The van der Waals surface area contributed by atoms with Crippen LogP contribution in [0, 0.1) is 12.8 Å². The molecule has 1 aliphatic rings. The molecular formula is C15H21ClN4O2. The van der Waals surface area contributed by atoms with Gasteiger partial charge in [0.1, 0.15) is 17.6 Å². The molecule has 0 radical (unpaired) electrons. The van der Waals surface area contributed by atoms with Gasteiger partial charge in [-0.2, -0.15) is 0 Å². The molecule has 0 aliphatic carbocycles. The Morgan fingerprint density at radius 2 is 2.41 bits per heavy atom. The number of nitrogens with two attached hydrogens (primary N) is 1. The summed E-state index contributed by atoms with van der Waals surface area (Å²) in [5, 5.41) is 4.45. The minimum absolute atomic E-state index is 0.0575. The van der Waals surface area contributed by atoms with Crippen LogP contribution >= 0.6 is 11.6 Å².